The van der Waals surface area contributed by atoms with Crippen LogP contribution in [-0.4, -0.2) is 79.1 Å². The van der Waals surface area contributed by atoms with Crippen LogP contribution < -0.4 is 10.0 Å². The van der Waals surface area contributed by atoms with E-state index >= 15 is 0 Å². The van der Waals surface area contributed by atoms with E-state index in [2.05, 4.69) is 14.9 Å². The van der Waals surface area contributed by atoms with Gasteiger partial charge in [0.05, 0.1) is 28.6 Å². The number of phenolic OH excluding ortho intramolecular Hbond substituents is 1. The lowest BCUT2D eigenvalue weighted by Gasteiger charge is -2.43. The number of benzene rings is 2. The molecule has 2 aliphatic heterocycles. The van der Waals surface area contributed by atoms with Gasteiger partial charge < -0.3 is 15.2 Å². The molecule has 0 unspecified atom stereocenters. The molecule has 1 atom stereocenters. The van der Waals surface area contributed by atoms with Crippen molar-refractivity contribution in [3.63, 3.8) is 0 Å². The van der Waals surface area contributed by atoms with Crippen LogP contribution in [0.4, 0.5) is 11.4 Å². The number of nitro groups is 1. The molecule has 2 aliphatic rings. The van der Waals surface area contributed by atoms with Crippen molar-refractivity contribution in [3.05, 3.63) is 58.1 Å². The van der Waals surface area contributed by atoms with Gasteiger partial charge in [0.25, 0.3) is 21.6 Å². The number of amides is 1. The van der Waals surface area contributed by atoms with Crippen LogP contribution in [0, 0.1) is 10.1 Å². The molecule has 2 saturated heterocycles. The molecule has 0 saturated carbocycles. The van der Waals surface area contributed by atoms with Gasteiger partial charge in [-0.15, -0.1) is 0 Å². The van der Waals surface area contributed by atoms with E-state index in [1.165, 1.54) is 36.4 Å². The van der Waals surface area contributed by atoms with E-state index in [0.717, 1.165) is 37.1 Å². The number of carbonyl (C=O) groups is 1. The number of ether oxygens (including phenoxy) is 1. The Hall–Kier alpha value is -2.87. The van der Waals surface area contributed by atoms with Crippen LogP contribution >= 0.6 is 11.8 Å². The molecule has 4 rings (SSSR count). The molecule has 0 bridgehead atoms. The van der Waals surface area contributed by atoms with Crippen molar-refractivity contribution in [1.29, 1.82) is 0 Å². The molecule has 2 heterocycles. The minimum atomic E-state index is -4.16. The smallest absolute Gasteiger partial charge is 0.270 e. The van der Waals surface area contributed by atoms with Crippen molar-refractivity contribution in [3.8, 4) is 5.75 Å². The van der Waals surface area contributed by atoms with Gasteiger partial charge in [-0.25, -0.2) is 8.42 Å². The number of nitro benzene ring substituents is 1. The maximum atomic E-state index is 13.0. The van der Waals surface area contributed by atoms with Gasteiger partial charge in [0.15, 0.2) is 0 Å². The predicted molar refractivity (Wildman–Crippen MR) is 131 cm³/mol. The van der Waals surface area contributed by atoms with Gasteiger partial charge in [-0.05, 0) is 36.4 Å². The Morgan fingerprint density at radius 2 is 2.00 bits per heavy atom. The first-order chi connectivity index (χ1) is 16.7. The van der Waals surface area contributed by atoms with Crippen molar-refractivity contribution in [2.45, 2.75) is 16.9 Å². The molecular formula is C22H26N4O7S2. The SMILES string of the molecule is O=C(NC[C@@]1(N2CCOCC2)CCSC1)c1cc(NS(=O)(=O)c2cccc([N+](=O)[O-])c2)ccc1O. The Labute approximate surface area is 207 Å². The van der Waals surface area contributed by atoms with Gasteiger partial charge in [-0.3, -0.25) is 24.5 Å². The number of carbonyl (C=O) groups excluding carboxylic acids is 1. The zero-order chi connectivity index (χ0) is 25.1. The van der Waals surface area contributed by atoms with Crippen molar-refractivity contribution in [2.24, 2.45) is 0 Å². The molecule has 3 N–H and O–H groups in total. The second-order valence-corrected chi connectivity index (χ2v) is 11.2. The number of non-ortho nitro benzene ring substituents is 1. The molecular weight excluding hydrogens is 496 g/mol. The zero-order valence-electron chi connectivity index (χ0n) is 18.8. The van der Waals surface area contributed by atoms with Crippen LogP contribution in [-0.2, 0) is 14.8 Å². The fourth-order valence-electron chi connectivity index (χ4n) is 4.23. The number of sulfonamides is 1. The highest BCUT2D eigenvalue weighted by molar-refractivity contribution is 7.99. The van der Waals surface area contributed by atoms with E-state index in [1.807, 2.05) is 11.8 Å². The summed E-state index contributed by atoms with van der Waals surface area (Å²) in [6.07, 6.45) is 0.924. The molecule has 0 spiro atoms. The third-order valence-electron chi connectivity index (χ3n) is 6.17. The average molecular weight is 523 g/mol. The lowest BCUT2D eigenvalue weighted by Crippen LogP contribution is -2.59. The Bertz CT molecular complexity index is 1210. The number of hydrogen-bond donors (Lipinski definition) is 3. The normalized spacial score (nSPS) is 20.9. The van der Waals surface area contributed by atoms with Crippen LogP contribution in [0.5, 0.6) is 5.75 Å². The molecule has 0 aliphatic carbocycles. The third-order valence-corrected chi connectivity index (χ3v) is 8.79. The number of rotatable bonds is 8. The molecule has 35 heavy (non-hydrogen) atoms. The van der Waals surface area contributed by atoms with E-state index in [-0.39, 0.29) is 33.1 Å². The second kappa shape index (κ2) is 10.4. The van der Waals surface area contributed by atoms with E-state index < -0.39 is 20.9 Å². The summed E-state index contributed by atoms with van der Waals surface area (Å²) in [7, 11) is -4.16. The summed E-state index contributed by atoms with van der Waals surface area (Å²) in [5.74, 6) is 1.06. The molecule has 188 valence electrons. The Kier molecular flexibility index (Phi) is 7.50. The lowest BCUT2D eigenvalue weighted by atomic mass is 9.95. The highest BCUT2D eigenvalue weighted by Crippen LogP contribution is 2.34. The Morgan fingerprint density at radius 3 is 2.69 bits per heavy atom. The first-order valence-electron chi connectivity index (χ1n) is 11.0. The number of phenols is 1. The number of hydrogen-bond acceptors (Lipinski definition) is 9. The number of aromatic hydroxyl groups is 1. The summed E-state index contributed by atoms with van der Waals surface area (Å²) in [5.41, 5.74) is -0.593. The van der Waals surface area contributed by atoms with Gasteiger partial charge in [-0.1, -0.05) is 6.07 Å². The van der Waals surface area contributed by atoms with E-state index in [9.17, 15) is 28.4 Å². The van der Waals surface area contributed by atoms with Crippen LogP contribution in [0.2, 0.25) is 0 Å². The topological polar surface area (TPSA) is 151 Å². The van der Waals surface area contributed by atoms with Gasteiger partial charge in [-0.2, -0.15) is 11.8 Å². The number of thioether (sulfide) groups is 1. The average Bonchev–Trinajstić information content (AvgIpc) is 3.34. The molecule has 2 aromatic carbocycles. The van der Waals surface area contributed by atoms with Gasteiger partial charge in [0.1, 0.15) is 5.75 Å². The zero-order valence-corrected chi connectivity index (χ0v) is 20.4. The van der Waals surface area contributed by atoms with Crippen LogP contribution in [0.1, 0.15) is 16.8 Å². The summed E-state index contributed by atoms with van der Waals surface area (Å²) in [6.45, 7) is 3.26. The summed E-state index contributed by atoms with van der Waals surface area (Å²) in [4.78, 5) is 25.3. The van der Waals surface area contributed by atoms with Crippen molar-refractivity contribution in [1.82, 2.24) is 10.2 Å². The first kappa shape index (κ1) is 25.2. The predicted octanol–water partition coefficient (Wildman–Crippen LogP) is 2.04. The highest BCUT2D eigenvalue weighted by atomic mass is 32.2. The Morgan fingerprint density at radius 1 is 1.23 bits per heavy atom. The number of anilines is 1. The second-order valence-electron chi connectivity index (χ2n) is 8.40. The molecule has 13 heteroatoms. The maximum Gasteiger partial charge on any atom is 0.270 e. The van der Waals surface area contributed by atoms with Gasteiger partial charge >= 0.3 is 0 Å². The monoisotopic (exact) mass is 522 g/mol. The van der Waals surface area contributed by atoms with Crippen LogP contribution in [0.15, 0.2) is 47.4 Å². The van der Waals surface area contributed by atoms with Crippen molar-refractivity contribution >= 4 is 39.1 Å². The van der Waals surface area contributed by atoms with E-state index in [0.29, 0.717) is 19.8 Å². The first-order valence-corrected chi connectivity index (χ1v) is 13.6. The fraction of sp³-hybridized carbons (Fsp3) is 0.409. The van der Waals surface area contributed by atoms with Crippen molar-refractivity contribution in [2.75, 3.05) is 49.1 Å². The molecule has 1 amide bonds. The minimum Gasteiger partial charge on any atom is -0.507 e. The summed E-state index contributed by atoms with van der Waals surface area (Å²) in [5, 5.41) is 24.2. The highest BCUT2D eigenvalue weighted by Gasteiger charge is 2.41. The number of nitrogens with zero attached hydrogens (tertiary/aromatic N) is 2. The number of morpholine rings is 1. The van der Waals surface area contributed by atoms with Gasteiger partial charge in [0.2, 0.25) is 0 Å². The van der Waals surface area contributed by atoms with Crippen LogP contribution in [0.25, 0.3) is 0 Å². The van der Waals surface area contributed by atoms with Gasteiger partial charge in [0, 0.05) is 48.7 Å². The molecule has 2 fully saturated rings. The standard InChI is InChI=1S/C22H26N4O7S2/c27-20-5-4-16(24-35(31,32)18-3-1-2-17(13-18)26(29)30)12-19(20)21(28)23-14-22(6-11-34-15-22)25-7-9-33-10-8-25/h1-5,12-13,24,27H,6-11,14-15H2,(H,23,28)/t22-/m0/s1. The summed E-state index contributed by atoms with van der Waals surface area (Å²) in [6, 6.07) is 8.41. The summed E-state index contributed by atoms with van der Waals surface area (Å²) >= 11 is 1.83. The summed E-state index contributed by atoms with van der Waals surface area (Å²) < 4.78 is 33.3. The number of nitrogens with one attached hydrogen (secondary N) is 2. The van der Waals surface area contributed by atoms with E-state index in [1.54, 1.807) is 0 Å². The molecule has 11 nitrogen and oxygen atoms in total. The molecule has 0 aromatic heterocycles. The fourth-order valence-corrected chi connectivity index (χ4v) is 6.80. The minimum absolute atomic E-state index is 0.0405. The largest absolute Gasteiger partial charge is 0.507 e. The maximum absolute atomic E-state index is 13.0. The van der Waals surface area contributed by atoms with Crippen molar-refractivity contribution < 1.29 is 28.0 Å². The Balaban J connectivity index is 1.49. The molecule has 2 aromatic rings. The van der Waals surface area contributed by atoms with Crippen LogP contribution in [0.3, 0.4) is 0 Å². The lowest BCUT2D eigenvalue weighted by molar-refractivity contribution is -0.385. The molecule has 0 radical (unpaired) electrons. The third kappa shape index (κ3) is 5.69. The quantitative estimate of drug-likeness (QED) is 0.269. The van der Waals surface area contributed by atoms with E-state index in [4.69, 9.17) is 4.74 Å².